The minimum absolute atomic E-state index is 0.0350. The lowest BCUT2D eigenvalue weighted by Crippen LogP contribution is -2.38. The second-order valence-electron chi connectivity index (χ2n) is 8.65. The molecular formula is C22H17ClF6N7O6P. The normalized spacial score (nSPS) is 13.3. The van der Waals surface area contributed by atoms with Crippen molar-refractivity contribution in [3.63, 3.8) is 0 Å². The maximum Gasteiger partial charge on any atom is 0.470 e. The smallest absolute Gasteiger partial charge is 0.363 e. The molecule has 13 nitrogen and oxygen atoms in total. The van der Waals surface area contributed by atoms with Gasteiger partial charge in [0.1, 0.15) is 6.54 Å². The van der Waals surface area contributed by atoms with Crippen molar-refractivity contribution in [2.75, 3.05) is 0 Å². The first-order valence-electron chi connectivity index (χ1n) is 11.5. The van der Waals surface area contributed by atoms with Crippen LogP contribution in [0.1, 0.15) is 22.0 Å². The maximum atomic E-state index is 13.6. The molecule has 4 aromatic rings. The van der Waals surface area contributed by atoms with Crippen LogP contribution < -0.4 is 11.4 Å². The summed E-state index contributed by atoms with van der Waals surface area (Å²) in [4.78, 5) is 47.1. The third-order valence-electron chi connectivity index (χ3n) is 5.60. The van der Waals surface area contributed by atoms with Gasteiger partial charge in [0.15, 0.2) is 17.8 Å². The number of halogens is 7. The van der Waals surface area contributed by atoms with E-state index in [-0.39, 0.29) is 10.6 Å². The number of phosphoric ester groups is 1. The molecule has 2 heterocycles. The Morgan fingerprint density at radius 3 is 2.23 bits per heavy atom. The van der Waals surface area contributed by atoms with E-state index in [9.17, 15) is 40.5 Å². The molecule has 0 aliphatic heterocycles. The van der Waals surface area contributed by atoms with E-state index < -0.39 is 79.7 Å². The third kappa shape index (κ3) is 7.31. The first kappa shape index (κ1) is 31.9. The largest absolute Gasteiger partial charge is 0.470 e. The van der Waals surface area contributed by atoms with E-state index in [2.05, 4.69) is 19.7 Å². The van der Waals surface area contributed by atoms with Gasteiger partial charge in [0.05, 0.1) is 17.8 Å². The van der Waals surface area contributed by atoms with Gasteiger partial charge >= 0.3 is 25.9 Å². The molecule has 21 heteroatoms. The van der Waals surface area contributed by atoms with Gasteiger partial charge in [0.25, 0.3) is 5.91 Å². The Kier molecular flexibility index (Phi) is 8.58. The number of nitrogens with zero attached hydrogens (tertiary/aromatic N) is 6. The molecule has 230 valence electrons. The summed E-state index contributed by atoms with van der Waals surface area (Å²) in [6, 6.07) is 9.19. The van der Waals surface area contributed by atoms with Crippen LogP contribution >= 0.6 is 19.4 Å². The van der Waals surface area contributed by atoms with Crippen LogP contribution in [0.25, 0.3) is 17.1 Å². The van der Waals surface area contributed by atoms with Gasteiger partial charge in [-0.2, -0.15) is 26.3 Å². The van der Waals surface area contributed by atoms with E-state index in [1.165, 1.54) is 30.3 Å². The predicted molar refractivity (Wildman–Crippen MR) is 134 cm³/mol. The van der Waals surface area contributed by atoms with Crippen molar-refractivity contribution in [3.8, 4) is 17.1 Å². The third-order valence-corrected chi connectivity index (χ3v) is 6.38. The number of phosphoric acid groups is 1. The summed E-state index contributed by atoms with van der Waals surface area (Å²) in [5, 5.41) is 8.04. The summed E-state index contributed by atoms with van der Waals surface area (Å²) in [5.74, 6) is -2.98. The zero-order valence-corrected chi connectivity index (χ0v) is 22.6. The van der Waals surface area contributed by atoms with Crippen molar-refractivity contribution in [1.82, 2.24) is 29.1 Å². The number of hydrogen-bond donors (Lipinski definition) is 3. The number of nitrogens with two attached hydrogens (primary N) is 1. The summed E-state index contributed by atoms with van der Waals surface area (Å²) in [6.45, 7) is -2.26. The molecule has 1 amide bonds. The van der Waals surface area contributed by atoms with Crippen LogP contribution in [0, 0.1) is 0 Å². The molecular weight excluding hydrogens is 639 g/mol. The minimum atomic E-state index is -5.70. The highest BCUT2D eigenvalue weighted by atomic mass is 35.5. The molecule has 4 N–H and O–H groups in total. The molecule has 0 aliphatic rings. The monoisotopic (exact) mass is 655 g/mol. The Bertz CT molecular complexity index is 1760. The summed E-state index contributed by atoms with van der Waals surface area (Å²) in [7, 11) is -5.70. The van der Waals surface area contributed by atoms with Crippen molar-refractivity contribution in [1.29, 1.82) is 0 Å². The Labute approximate surface area is 240 Å². The number of carbonyl (C=O) groups excluding carboxylic acids is 1. The molecule has 0 bridgehead atoms. The number of alkyl halides is 6. The number of amides is 1. The highest BCUT2D eigenvalue weighted by Gasteiger charge is 2.45. The minimum Gasteiger partial charge on any atom is -0.363 e. The second-order valence-corrected chi connectivity index (χ2v) is 10.3. The van der Waals surface area contributed by atoms with E-state index in [0.717, 1.165) is 12.1 Å². The van der Waals surface area contributed by atoms with Crippen LogP contribution in [-0.4, -0.2) is 57.1 Å². The fraction of sp³-hybridized carbons (Fsp3) is 0.227. The van der Waals surface area contributed by atoms with Gasteiger partial charge in [-0.15, -0.1) is 10.2 Å². The molecule has 0 saturated carbocycles. The van der Waals surface area contributed by atoms with Crippen molar-refractivity contribution < 1.29 is 50.0 Å². The number of primary amides is 1. The van der Waals surface area contributed by atoms with Gasteiger partial charge < -0.3 is 15.5 Å². The lowest BCUT2D eigenvalue weighted by atomic mass is 10.1. The highest BCUT2D eigenvalue weighted by molar-refractivity contribution is 7.46. The Morgan fingerprint density at radius 1 is 1.05 bits per heavy atom. The van der Waals surface area contributed by atoms with Gasteiger partial charge in [-0.05, 0) is 36.4 Å². The average molecular weight is 656 g/mol. The van der Waals surface area contributed by atoms with E-state index >= 15 is 0 Å². The first-order chi connectivity index (χ1) is 19.8. The second kappa shape index (κ2) is 11.6. The molecule has 0 radical (unpaired) electrons. The van der Waals surface area contributed by atoms with E-state index in [1.807, 2.05) is 0 Å². The summed E-state index contributed by atoms with van der Waals surface area (Å²) in [5.41, 5.74) is 2.19. The van der Waals surface area contributed by atoms with Crippen molar-refractivity contribution >= 4 is 25.3 Å². The quantitative estimate of drug-likeness (QED) is 0.180. The molecule has 4 rings (SSSR count). The predicted octanol–water partition coefficient (Wildman–Crippen LogP) is 3.15. The maximum absolute atomic E-state index is 13.6. The lowest BCUT2D eigenvalue weighted by Gasteiger charge is -2.21. The fourth-order valence-corrected chi connectivity index (χ4v) is 4.47. The SMILES string of the molecule is NC(=O)c1nc(Cn2nc(-c3ccc(Cl)cc3)n(CC(OP(=O)(O)O)C(F)(F)F)c2=O)nn1-c1ccccc1C(F)(F)F. The summed E-state index contributed by atoms with van der Waals surface area (Å²) < 4.78 is 98.3. The molecule has 0 aliphatic carbocycles. The number of aromatic nitrogens is 6. The molecule has 2 aromatic carbocycles. The van der Waals surface area contributed by atoms with Gasteiger partial charge in [-0.1, -0.05) is 23.7 Å². The Morgan fingerprint density at radius 2 is 1.67 bits per heavy atom. The van der Waals surface area contributed by atoms with E-state index in [4.69, 9.17) is 27.1 Å². The molecule has 0 saturated heterocycles. The van der Waals surface area contributed by atoms with Crippen LogP contribution in [0.4, 0.5) is 26.3 Å². The molecule has 2 aromatic heterocycles. The lowest BCUT2D eigenvalue weighted by molar-refractivity contribution is -0.202. The first-order valence-corrected chi connectivity index (χ1v) is 13.4. The van der Waals surface area contributed by atoms with E-state index in [1.54, 1.807) is 0 Å². The zero-order valence-electron chi connectivity index (χ0n) is 21.0. The van der Waals surface area contributed by atoms with Crippen molar-refractivity contribution in [3.05, 3.63) is 81.3 Å². The fourth-order valence-electron chi connectivity index (χ4n) is 3.83. The van der Waals surface area contributed by atoms with Crippen LogP contribution in [0.3, 0.4) is 0 Å². The van der Waals surface area contributed by atoms with Crippen molar-refractivity contribution in [2.45, 2.75) is 31.5 Å². The Balaban J connectivity index is 1.83. The topological polar surface area (TPSA) is 180 Å². The summed E-state index contributed by atoms with van der Waals surface area (Å²) in [6.07, 6.45) is -13.4. The van der Waals surface area contributed by atoms with Gasteiger partial charge in [-0.25, -0.2) is 23.7 Å². The van der Waals surface area contributed by atoms with Crippen molar-refractivity contribution in [2.24, 2.45) is 5.73 Å². The van der Waals surface area contributed by atoms with Gasteiger partial charge in [0, 0.05) is 10.6 Å². The number of hydrogen-bond acceptors (Lipinski definition) is 7. The van der Waals surface area contributed by atoms with Gasteiger partial charge in [0.2, 0.25) is 5.82 Å². The molecule has 1 unspecified atom stereocenters. The van der Waals surface area contributed by atoms with Crippen LogP contribution in [0.15, 0.2) is 53.3 Å². The number of para-hydroxylation sites is 1. The van der Waals surface area contributed by atoms with Crippen LogP contribution in [-0.2, 0) is 28.4 Å². The summed E-state index contributed by atoms with van der Waals surface area (Å²) >= 11 is 5.86. The number of benzene rings is 2. The Hall–Kier alpha value is -4.03. The molecule has 1 atom stereocenters. The number of carbonyl (C=O) groups is 1. The van der Waals surface area contributed by atoms with Crippen LogP contribution in [0.2, 0.25) is 5.02 Å². The van der Waals surface area contributed by atoms with E-state index in [0.29, 0.717) is 20.0 Å². The molecule has 0 spiro atoms. The zero-order chi connectivity index (χ0) is 31.9. The van der Waals surface area contributed by atoms with Gasteiger partial charge in [-0.3, -0.25) is 13.9 Å². The highest BCUT2D eigenvalue weighted by Crippen LogP contribution is 2.42. The standard InChI is InChI=1S/C22H17ClF6N7O6P/c23-12-7-5-11(6-8-12)18-33-35(20(38)34(18)9-15(22(27,28)29)42-43(39,40)41)10-16-31-19(17(30)37)36(32-16)14-4-2-1-3-13(14)21(24,25)26/h1-8,15H,9-10H2,(H2,30,37)(H2,39,40,41). The number of rotatable bonds is 9. The molecule has 0 fully saturated rings. The van der Waals surface area contributed by atoms with Crippen LogP contribution in [0.5, 0.6) is 0 Å². The average Bonchev–Trinajstić information content (AvgIpc) is 3.44. The molecule has 43 heavy (non-hydrogen) atoms.